The highest BCUT2D eigenvalue weighted by Crippen LogP contribution is 2.25. The second kappa shape index (κ2) is 5.88. The standard InChI is InChI=1S/C12H20ClN5O/c1-4-14-10-16-9(13)17-11(18-10)15-8-5-6-19-12(2,3)7-8/h8H,4-7H2,1-3H3,(H2,14,15,16,17,18). The summed E-state index contributed by atoms with van der Waals surface area (Å²) >= 11 is 5.89. The third-order valence-corrected chi connectivity index (χ3v) is 3.14. The number of rotatable bonds is 4. The van der Waals surface area contributed by atoms with Crippen LogP contribution in [0.15, 0.2) is 0 Å². The van der Waals surface area contributed by atoms with Crippen LogP contribution in [0, 0.1) is 0 Å². The van der Waals surface area contributed by atoms with Crippen molar-refractivity contribution < 1.29 is 4.74 Å². The van der Waals surface area contributed by atoms with Crippen LogP contribution in [-0.4, -0.2) is 39.7 Å². The van der Waals surface area contributed by atoms with Gasteiger partial charge in [-0.1, -0.05) is 0 Å². The fourth-order valence-electron chi connectivity index (χ4n) is 2.19. The first-order chi connectivity index (χ1) is 8.98. The van der Waals surface area contributed by atoms with E-state index in [0.717, 1.165) is 26.0 Å². The van der Waals surface area contributed by atoms with E-state index in [2.05, 4.69) is 39.4 Å². The van der Waals surface area contributed by atoms with E-state index in [1.165, 1.54) is 0 Å². The maximum absolute atomic E-state index is 5.89. The molecule has 1 aliphatic rings. The zero-order chi connectivity index (χ0) is 13.9. The van der Waals surface area contributed by atoms with E-state index in [0.29, 0.717) is 11.9 Å². The van der Waals surface area contributed by atoms with Crippen molar-refractivity contribution >= 4 is 23.5 Å². The smallest absolute Gasteiger partial charge is 0.229 e. The van der Waals surface area contributed by atoms with Gasteiger partial charge in [0.25, 0.3) is 0 Å². The summed E-state index contributed by atoms with van der Waals surface area (Å²) in [6.45, 7) is 7.63. The molecule has 0 amide bonds. The summed E-state index contributed by atoms with van der Waals surface area (Å²) in [4.78, 5) is 12.4. The SMILES string of the molecule is CCNc1nc(Cl)nc(NC2CCOC(C)(C)C2)n1. The minimum Gasteiger partial charge on any atom is -0.375 e. The van der Waals surface area contributed by atoms with Crippen molar-refractivity contribution in [1.82, 2.24) is 15.0 Å². The van der Waals surface area contributed by atoms with Gasteiger partial charge in [0.1, 0.15) is 0 Å². The van der Waals surface area contributed by atoms with Gasteiger partial charge in [-0.3, -0.25) is 0 Å². The van der Waals surface area contributed by atoms with Gasteiger partial charge >= 0.3 is 0 Å². The first kappa shape index (κ1) is 14.3. The summed E-state index contributed by atoms with van der Waals surface area (Å²) in [6, 6.07) is 0.289. The number of nitrogens with zero attached hydrogens (tertiary/aromatic N) is 3. The lowest BCUT2D eigenvalue weighted by atomic mass is 9.94. The van der Waals surface area contributed by atoms with E-state index in [-0.39, 0.29) is 16.9 Å². The summed E-state index contributed by atoms with van der Waals surface area (Å²) in [7, 11) is 0. The Morgan fingerprint density at radius 2 is 2.05 bits per heavy atom. The molecule has 2 rings (SSSR count). The van der Waals surface area contributed by atoms with Gasteiger partial charge in [-0.2, -0.15) is 15.0 Å². The molecular weight excluding hydrogens is 266 g/mol. The average Bonchev–Trinajstić information content (AvgIpc) is 2.26. The number of anilines is 2. The maximum atomic E-state index is 5.89. The Balaban J connectivity index is 2.06. The molecule has 19 heavy (non-hydrogen) atoms. The Kier molecular flexibility index (Phi) is 4.42. The third kappa shape index (κ3) is 4.18. The van der Waals surface area contributed by atoms with E-state index < -0.39 is 0 Å². The molecule has 0 spiro atoms. The molecule has 1 fully saturated rings. The normalized spacial score (nSPS) is 22.0. The van der Waals surface area contributed by atoms with Gasteiger partial charge in [0.05, 0.1) is 5.60 Å². The highest BCUT2D eigenvalue weighted by Gasteiger charge is 2.29. The quantitative estimate of drug-likeness (QED) is 0.885. The predicted octanol–water partition coefficient (Wildman–Crippen LogP) is 2.33. The highest BCUT2D eigenvalue weighted by atomic mass is 35.5. The van der Waals surface area contributed by atoms with Crippen molar-refractivity contribution in [2.24, 2.45) is 0 Å². The van der Waals surface area contributed by atoms with Crippen LogP contribution in [0.5, 0.6) is 0 Å². The molecule has 106 valence electrons. The van der Waals surface area contributed by atoms with Crippen molar-refractivity contribution in [3.63, 3.8) is 0 Å². The number of hydrogen-bond acceptors (Lipinski definition) is 6. The Morgan fingerprint density at radius 1 is 1.32 bits per heavy atom. The molecule has 1 saturated heterocycles. The number of nitrogens with one attached hydrogen (secondary N) is 2. The van der Waals surface area contributed by atoms with Crippen LogP contribution in [0.2, 0.25) is 5.28 Å². The van der Waals surface area contributed by atoms with Crippen molar-refractivity contribution in [2.45, 2.75) is 45.3 Å². The first-order valence-electron chi connectivity index (χ1n) is 6.54. The molecule has 1 aliphatic heterocycles. The Labute approximate surface area is 118 Å². The Hall–Kier alpha value is -1.14. The van der Waals surface area contributed by atoms with Crippen LogP contribution in [0.25, 0.3) is 0 Å². The van der Waals surface area contributed by atoms with E-state index in [9.17, 15) is 0 Å². The average molecular weight is 286 g/mol. The lowest BCUT2D eigenvalue weighted by Crippen LogP contribution is -2.40. The van der Waals surface area contributed by atoms with Gasteiger partial charge < -0.3 is 15.4 Å². The van der Waals surface area contributed by atoms with Gasteiger partial charge in [-0.25, -0.2) is 0 Å². The molecule has 0 saturated carbocycles. The number of aromatic nitrogens is 3. The zero-order valence-corrected chi connectivity index (χ0v) is 12.3. The third-order valence-electron chi connectivity index (χ3n) is 2.97. The summed E-state index contributed by atoms with van der Waals surface area (Å²) < 4.78 is 5.69. The summed E-state index contributed by atoms with van der Waals surface area (Å²) in [5.41, 5.74) is -0.114. The van der Waals surface area contributed by atoms with Crippen LogP contribution < -0.4 is 10.6 Å². The lowest BCUT2D eigenvalue weighted by molar-refractivity contribution is -0.0553. The van der Waals surface area contributed by atoms with Crippen molar-refractivity contribution in [3.8, 4) is 0 Å². The minimum atomic E-state index is -0.114. The molecule has 1 unspecified atom stereocenters. The van der Waals surface area contributed by atoms with Crippen LogP contribution in [0.3, 0.4) is 0 Å². The van der Waals surface area contributed by atoms with Gasteiger partial charge in [0, 0.05) is 19.2 Å². The van der Waals surface area contributed by atoms with Gasteiger partial charge in [-0.05, 0) is 45.2 Å². The second-order valence-electron chi connectivity index (χ2n) is 5.22. The highest BCUT2D eigenvalue weighted by molar-refractivity contribution is 6.28. The number of ether oxygens (including phenoxy) is 1. The van der Waals surface area contributed by atoms with E-state index in [4.69, 9.17) is 16.3 Å². The Bertz CT molecular complexity index is 440. The molecular formula is C12H20ClN5O. The van der Waals surface area contributed by atoms with E-state index in [1.54, 1.807) is 0 Å². The molecule has 0 aromatic carbocycles. The number of halogens is 1. The molecule has 1 aromatic rings. The van der Waals surface area contributed by atoms with Gasteiger partial charge in [-0.15, -0.1) is 0 Å². The van der Waals surface area contributed by atoms with Crippen molar-refractivity contribution in [1.29, 1.82) is 0 Å². The molecule has 6 nitrogen and oxygen atoms in total. The van der Waals surface area contributed by atoms with Crippen LogP contribution in [0.1, 0.15) is 33.6 Å². The monoisotopic (exact) mass is 285 g/mol. The molecule has 0 radical (unpaired) electrons. The topological polar surface area (TPSA) is 72.0 Å². The second-order valence-corrected chi connectivity index (χ2v) is 5.56. The lowest BCUT2D eigenvalue weighted by Gasteiger charge is -2.35. The molecule has 1 atom stereocenters. The Morgan fingerprint density at radius 3 is 2.74 bits per heavy atom. The fraction of sp³-hybridized carbons (Fsp3) is 0.750. The molecule has 2 N–H and O–H groups in total. The summed E-state index contributed by atoms with van der Waals surface area (Å²) in [6.07, 6.45) is 1.84. The minimum absolute atomic E-state index is 0.114. The summed E-state index contributed by atoms with van der Waals surface area (Å²) in [5.74, 6) is 1.01. The predicted molar refractivity (Wildman–Crippen MR) is 75.7 cm³/mol. The molecule has 0 bridgehead atoms. The van der Waals surface area contributed by atoms with E-state index in [1.807, 2.05) is 6.92 Å². The number of hydrogen-bond donors (Lipinski definition) is 2. The molecule has 0 aliphatic carbocycles. The van der Waals surface area contributed by atoms with E-state index >= 15 is 0 Å². The summed E-state index contributed by atoms with van der Waals surface area (Å²) in [5, 5.41) is 6.53. The van der Waals surface area contributed by atoms with Crippen LogP contribution in [0.4, 0.5) is 11.9 Å². The molecule has 1 aromatic heterocycles. The van der Waals surface area contributed by atoms with Gasteiger partial charge in [0.15, 0.2) is 0 Å². The molecule has 2 heterocycles. The van der Waals surface area contributed by atoms with Crippen LogP contribution >= 0.6 is 11.6 Å². The van der Waals surface area contributed by atoms with Crippen molar-refractivity contribution in [3.05, 3.63) is 5.28 Å². The van der Waals surface area contributed by atoms with Gasteiger partial charge in [0.2, 0.25) is 17.2 Å². The zero-order valence-electron chi connectivity index (χ0n) is 11.5. The molecule has 7 heteroatoms. The fourth-order valence-corrected chi connectivity index (χ4v) is 2.35. The first-order valence-corrected chi connectivity index (χ1v) is 6.92. The van der Waals surface area contributed by atoms with Crippen LogP contribution in [-0.2, 0) is 4.74 Å². The largest absolute Gasteiger partial charge is 0.375 e. The van der Waals surface area contributed by atoms with Crippen molar-refractivity contribution in [2.75, 3.05) is 23.8 Å². The maximum Gasteiger partial charge on any atom is 0.229 e.